The summed E-state index contributed by atoms with van der Waals surface area (Å²) in [5.41, 5.74) is 3.51. The third-order valence-corrected chi connectivity index (χ3v) is 4.74. The van der Waals surface area contributed by atoms with E-state index >= 15 is 0 Å². The molecule has 0 unspecified atom stereocenters. The normalized spacial score (nSPS) is 14.2. The van der Waals surface area contributed by atoms with Crippen LogP contribution in [0.15, 0.2) is 41.1 Å². The molecule has 4 nitrogen and oxygen atoms in total. The van der Waals surface area contributed by atoms with Crippen LogP contribution in [0.4, 0.5) is 11.4 Å². The number of benzene rings is 1. The minimum absolute atomic E-state index is 0.135. The number of aryl methyl sites for hydroxylation is 1. The quantitative estimate of drug-likeness (QED) is 0.900. The van der Waals surface area contributed by atoms with Crippen LogP contribution in [0.3, 0.4) is 0 Å². The van der Waals surface area contributed by atoms with E-state index in [1.807, 2.05) is 37.4 Å². The molecule has 3 rings (SSSR count). The molecule has 2 aromatic rings. The monoisotopic (exact) mass is 359 g/mol. The molecule has 1 saturated heterocycles. The number of carbonyl (C=O) groups is 1. The summed E-state index contributed by atoms with van der Waals surface area (Å²) in [6.07, 6.45) is 5.84. The summed E-state index contributed by atoms with van der Waals surface area (Å²) in [5.74, 6) is -0.135. The van der Waals surface area contributed by atoms with Crippen molar-refractivity contribution in [2.75, 3.05) is 23.3 Å². The Morgan fingerprint density at radius 1 is 1.23 bits per heavy atom. The van der Waals surface area contributed by atoms with Gasteiger partial charge in [-0.15, -0.1) is 0 Å². The molecule has 0 bridgehead atoms. The molecule has 1 fully saturated rings. The van der Waals surface area contributed by atoms with E-state index in [9.17, 15) is 4.79 Å². The zero-order chi connectivity index (χ0) is 15.5. The SMILES string of the molecule is Cc1ccc(NC(=O)c2cncc(N3CCCC3)c2)cc1Br. The number of amides is 1. The van der Waals surface area contributed by atoms with Gasteiger partial charge in [0.2, 0.25) is 0 Å². The van der Waals surface area contributed by atoms with Crippen LogP contribution in [0.2, 0.25) is 0 Å². The number of aromatic nitrogens is 1. The Morgan fingerprint density at radius 2 is 2.00 bits per heavy atom. The van der Waals surface area contributed by atoms with Crippen molar-refractivity contribution >= 4 is 33.2 Å². The molecule has 2 heterocycles. The van der Waals surface area contributed by atoms with Crippen LogP contribution in [-0.2, 0) is 0 Å². The molecule has 1 aromatic carbocycles. The number of hydrogen-bond acceptors (Lipinski definition) is 3. The van der Waals surface area contributed by atoms with Gasteiger partial charge in [0.05, 0.1) is 17.4 Å². The second-order valence-electron chi connectivity index (χ2n) is 5.54. The maximum atomic E-state index is 12.4. The molecule has 5 heteroatoms. The molecular weight excluding hydrogens is 342 g/mol. The molecule has 1 aliphatic heterocycles. The fourth-order valence-corrected chi connectivity index (χ4v) is 2.95. The van der Waals surface area contributed by atoms with Crippen molar-refractivity contribution in [3.05, 3.63) is 52.3 Å². The summed E-state index contributed by atoms with van der Waals surface area (Å²) in [7, 11) is 0. The average Bonchev–Trinajstić information content (AvgIpc) is 3.05. The number of rotatable bonds is 3. The second-order valence-corrected chi connectivity index (χ2v) is 6.40. The molecule has 114 valence electrons. The summed E-state index contributed by atoms with van der Waals surface area (Å²) in [5, 5.41) is 2.92. The highest BCUT2D eigenvalue weighted by Gasteiger charge is 2.15. The molecule has 1 aromatic heterocycles. The van der Waals surface area contributed by atoms with Gasteiger partial charge in [0, 0.05) is 29.4 Å². The smallest absolute Gasteiger partial charge is 0.257 e. The molecule has 1 aliphatic rings. The van der Waals surface area contributed by atoms with Crippen molar-refractivity contribution in [3.63, 3.8) is 0 Å². The Labute approximate surface area is 138 Å². The predicted molar refractivity (Wildman–Crippen MR) is 92.5 cm³/mol. The first-order valence-corrected chi connectivity index (χ1v) is 8.20. The standard InChI is InChI=1S/C17H18BrN3O/c1-12-4-5-14(9-16(12)18)20-17(22)13-8-15(11-19-10-13)21-6-2-3-7-21/h4-5,8-11H,2-3,6-7H2,1H3,(H,20,22). The minimum atomic E-state index is -0.135. The molecule has 0 radical (unpaired) electrons. The van der Waals surface area contributed by atoms with Crippen molar-refractivity contribution in [3.8, 4) is 0 Å². The number of nitrogens with zero attached hydrogens (tertiary/aromatic N) is 2. The first-order chi connectivity index (χ1) is 10.6. The highest BCUT2D eigenvalue weighted by Crippen LogP contribution is 2.23. The first-order valence-electron chi connectivity index (χ1n) is 7.41. The Morgan fingerprint density at radius 3 is 2.73 bits per heavy atom. The minimum Gasteiger partial charge on any atom is -0.370 e. The third-order valence-electron chi connectivity index (χ3n) is 3.89. The zero-order valence-electron chi connectivity index (χ0n) is 12.5. The summed E-state index contributed by atoms with van der Waals surface area (Å²) >= 11 is 3.48. The van der Waals surface area contributed by atoms with Crippen LogP contribution in [0.1, 0.15) is 28.8 Å². The van der Waals surface area contributed by atoms with E-state index in [4.69, 9.17) is 0 Å². The van der Waals surface area contributed by atoms with Crippen LogP contribution in [0.5, 0.6) is 0 Å². The van der Waals surface area contributed by atoms with E-state index < -0.39 is 0 Å². The predicted octanol–water partition coefficient (Wildman–Crippen LogP) is 4.01. The van der Waals surface area contributed by atoms with Crippen molar-refractivity contribution in [2.24, 2.45) is 0 Å². The number of anilines is 2. The second kappa shape index (κ2) is 6.48. The summed E-state index contributed by atoms with van der Waals surface area (Å²) in [6, 6.07) is 7.69. The van der Waals surface area contributed by atoms with Gasteiger partial charge in [-0.25, -0.2) is 0 Å². The van der Waals surface area contributed by atoms with Gasteiger partial charge in [-0.1, -0.05) is 22.0 Å². The molecular formula is C17H18BrN3O. The molecule has 0 atom stereocenters. The van der Waals surface area contributed by atoms with Gasteiger partial charge in [0.1, 0.15) is 0 Å². The van der Waals surface area contributed by atoms with Crippen LogP contribution < -0.4 is 10.2 Å². The fraction of sp³-hybridized carbons (Fsp3) is 0.294. The van der Waals surface area contributed by atoms with E-state index in [0.717, 1.165) is 34.5 Å². The highest BCUT2D eigenvalue weighted by atomic mass is 79.9. The average molecular weight is 360 g/mol. The van der Waals surface area contributed by atoms with E-state index in [0.29, 0.717) is 5.56 Å². The topological polar surface area (TPSA) is 45.2 Å². The van der Waals surface area contributed by atoms with Gasteiger partial charge in [-0.2, -0.15) is 0 Å². The van der Waals surface area contributed by atoms with Crippen molar-refractivity contribution in [1.29, 1.82) is 0 Å². The van der Waals surface area contributed by atoms with Gasteiger partial charge in [-0.3, -0.25) is 9.78 Å². The summed E-state index contributed by atoms with van der Waals surface area (Å²) in [6.45, 7) is 4.09. The van der Waals surface area contributed by atoms with E-state index in [-0.39, 0.29) is 5.91 Å². The van der Waals surface area contributed by atoms with Gasteiger partial charge in [0.15, 0.2) is 0 Å². The van der Waals surface area contributed by atoms with E-state index in [1.54, 1.807) is 6.20 Å². The molecule has 0 saturated carbocycles. The number of halogens is 1. The van der Waals surface area contributed by atoms with Crippen LogP contribution in [0, 0.1) is 6.92 Å². The van der Waals surface area contributed by atoms with Crippen molar-refractivity contribution in [1.82, 2.24) is 4.98 Å². The Balaban J connectivity index is 1.76. The lowest BCUT2D eigenvalue weighted by Gasteiger charge is -2.17. The zero-order valence-corrected chi connectivity index (χ0v) is 14.1. The molecule has 22 heavy (non-hydrogen) atoms. The van der Waals surface area contributed by atoms with Crippen LogP contribution in [-0.4, -0.2) is 24.0 Å². The fourth-order valence-electron chi connectivity index (χ4n) is 2.57. The van der Waals surface area contributed by atoms with Crippen molar-refractivity contribution in [2.45, 2.75) is 19.8 Å². The number of carbonyl (C=O) groups excluding carboxylic acids is 1. The number of pyridine rings is 1. The lowest BCUT2D eigenvalue weighted by molar-refractivity contribution is 0.102. The van der Waals surface area contributed by atoms with E-state index in [2.05, 4.69) is 31.1 Å². The van der Waals surface area contributed by atoms with Gasteiger partial charge < -0.3 is 10.2 Å². The lowest BCUT2D eigenvalue weighted by Crippen LogP contribution is -2.19. The number of nitrogens with one attached hydrogen (secondary N) is 1. The largest absolute Gasteiger partial charge is 0.370 e. The van der Waals surface area contributed by atoms with Gasteiger partial charge in [-0.05, 0) is 43.5 Å². The molecule has 0 spiro atoms. The molecule has 1 amide bonds. The molecule has 0 aliphatic carbocycles. The Kier molecular flexibility index (Phi) is 4.43. The van der Waals surface area contributed by atoms with Gasteiger partial charge in [0.25, 0.3) is 5.91 Å². The summed E-state index contributed by atoms with van der Waals surface area (Å²) < 4.78 is 0.981. The maximum absolute atomic E-state index is 12.4. The van der Waals surface area contributed by atoms with Crippen LogP contribution in [0.25, 0.3) is 0 Å². The molecule has 1 N–H and O–H groups in total. The Bertz CT molecular complexity index is 696. The summed E-state index contributed by atoms with van der Waals surface area (Å²) in [4.78, 5) is 18.9. The number of hydrogen-bond donors (Lipinski definition) is 1. The van der Waals surface area contributed by atoms with Crippen LogP contribution >= 0.6 is 15.9 Å². The lowest BCUT2D eigenvalue weighted by atomic mass is 10.2. The van der Waals surface area contributed by atoms with Gasteiger partial charge >= 0.3 is 0 Å². The first kappa shape index (κ1) is 15.0. The Hall–Kier alpha value is -1.88. The van der Waals surface area contributed by atoms with Crippen molar-refractivity contribution < 1.29 is 4.79 Å². The maximum Gasteiger partial charge on any atom is 0.257 e. The highest BCUT2D eigenvalue weighted by molar-refractivity contribution is 9.10. The third kappa shape index (κ3) is 3.30. The van der Waals surface area contributed by atoms with E-state index in [1.165, 1.54) is 12.8 Å².